The molecule has 0 bridgehead atoms. The number of halogens is 2. The Morgan fingerprint density at radius 1 is 1.30 bits per heavy atom. The molecule has 0 amide bonds. The van der Waals surface area contributed by atoms with E-state index in [4.69, 9.17) is 4.74 Å². The lowest BCUT2D eigenvalue weighted by molar-refractivity contribution is 0.0488. The fourth-order valence-corrected chi connectivity index (χ4v) is 3.02. The van der Waals surface area contributed by atoms with E-state index in [0.717, 1.165) is 32.2 Å². The molecule has 3 nitrogen and oxygen atoms in total. The predicted octanol–water partition coefficient (Wildman–Crippen LogP) is 3.53. The Balaban J connectivity index is 1.94. The van der Waals surface area contributed by atoms with Gasteiger partial charge in [0.25, 0.3) is 0 Å². The topological polar surface area (TPSA) is 32.7 Å². The molecule has 0 saturated carbocycles. The van der Waals surface area contributed by atoms with Crippen molar-refractivity contribution in [1.82, 2.24) is 4.90 Å². The first kappa shape index (κ1) is 18.1. The van der Waals surface area contributed by atoms with Crippen molar-refractivity contribution in [3.63, 3.8) is 0 Å². The summed E-state index contributed by atoms with van der Waals surface area (Å²) in [6.07, 6.45) is 3.35. The maximum atomic E-state index is 14.2. The van der Waals surface area contributed by atoms with Crippen molar-refractivity contribution in [3.05, 3.63) is 29.3 Å². The molecule has 23 heavy (non-hydrogen) atoms. The molecule has 1 aromatic rings. The van der Waals surface area contributed by atoms with E-state index in [0.29, 0.717) is 19.6 Å². The summed E-state index contributed by atoms with van der Waals surface area (Å²) < 4.78 is 33.7. The minimum absolute atomic E-state index is 0.117. The second-order valence-corrected chi connectivity index (χ2v) is 6.38. The molecule has 1 heterocycles. The van der Waals surface area contributed by atoms with E-state index in [1.807, 2.05) is 13.8 Å². The Bertz CT molecular complexity index is 487. The highest BCUT2D eigenvalue weighted by atomic mass is 19.1. The number of nitrogens with zero attached hydrogens (tertiary/aromatic N) is 1. The molecule has 2 unspecified atom stereocenters. The second-order valence-electron chi connectivity index (χ2n) is 6.38. The number of aliphatic hydroxyl groups is 1. The Kier molecular flexibility index (Phi) is 6.78. The maximum absolute atomic E-state index is 14.2. The smallest absolute Gasteiger partial charge is 0.133 e. The summed E-state index contributed by atoms with van der Waals surface area (Å²) in [6, 6.07) is 2.79. The van der Waals surface area contributed by atoms with Gasteiger partial charge in [0.15, 0.2) is 0 Å². The summed E-state index contributed by atoms with van der Waals surface area (Å²) >= 11 is 0. The zero-order valence-electron chi connectivity index (χ0n) is 14.0. The van der Waals surface area contributed by atoms with Crippen molar-refractivity contribution in [2.45, 2.75) is 58.1 Å². The van der Waals surface area contributed by atoms with Crippen molar-refractivity contribution < 1.29 is 18.6 Å². The molecule has 0 radical (unpaired) electrons. The van der Waals surface area contributed by atoms with Gasteiger partial charge < -0.3 is 14.7 Å². The highest BCUT2D eigenvalue weighted by Crippen LogP contribution is 2.23. The standard InChI is InChI=1S/C18H27F2NO2/c1-3-4-9-23-15-11-17(19)16(18(20)12-15)6-8-21-7-5-14(22)10-13(21)2/h11-14,22H,3-10H2,1-2H3. The third-order valence-electron chi connectivity index (χ3n) is 4.52. The van der Waals surface area contributed by atoms with Crippen molar-refractivity contribution in [2.24, 2.45) is 0 Å². The third-order valence-corrected chi connectivity index (χ3v) is 4.52. The first-order chi connectivity index (χ1) is 11.0. The minimum atomic E-state index is -0.541. The molecule has 1 aromatic carbocycles. The van der Waals surface area contributed by atoms with E-state index in [9.17, 15) is 13.9 Å². The number of unbranched alkanes of at least 4 members (excludes halogenated alkanes) is 1. The quantitative estimate of drug-likeness (QED) is 0.778. The number of aliphatic hydroxyl groups excluding tert-OH is 1. The van der Waals surface area contributed by atoms with Crippen LogP contribution in [0.1, 0.15) is 45.1 Å². The number of likely N-dealkylation sites (tertiary alicyclic amines) is 1. The van der Waals surface area contributed by atoms with Crippen LogP contribution in [0, 0.1) is 11.6 Å². The van der Waals surface area contributed by atoms with Crippen LogP contribution in [0.4, 0.5) is 8.78 Å². The minimum Gasteiger partial charge on any atom is -0.493 e. The highest BCUT2D eigenvalue weighted by molar-refractivity contribution is 5.30. The van der Waals surface area contributed by atoms with Gasteiger partial charge in [-0.2, -0.15) is 0 Å². The summed E-state index contributed by atoms with van der Waals surface area (Å²) in [5.74, 6) is -0.825. The van der Waals surface area contributed by atoms with E-state index >= 15 is 0 Å². The number of hydrogen-bond donors (Lipinski definition) is 1. The molecule has 0 spiro atoms. The lowest BCUT2D eigenvalue weighted by atomic mass is 10.00. The lowest BCUT2D eigenvalue weighted by Crippen LogP contribution is -2.43. The van der Waals surface area contributed by atoms with Crippen molar-refractivity contribution >= 4 is 0 Å². The van der Waals surface area contributed by atoms with Gasteiger partial charge in [0.1, 0.15) is 17.4 Å². The van der Waals surface area contributed by atoms with Crippen LogP contribution in [0.5, 0.6) is 5.75 Å². The normalized spacial score (nSPS) is 22.3. The fourth-order valence-electron chi connectivity index (χ4n) is 3.02. The van der Waals surface area contributed by atoms with Crippen LogP contribution in [-0.4, -0.2) is 41.8 Å². The van der Waals surface area contributed by atoms with E-state index in [1.165, 1.54) is 12.1 Å². The molecule has 1 saturated heterocycles. The zero-order valence-corrected chi connectivity index (χ0v) is 14.0. The van der Waals surface area contributed by atoms with Gasteiger partial charge in [-0.25, -0.2) is 8.78 Å². The number of hydrogen-bond acceptors (Lipinski definition) is 3. The summed E-state index contributed by atoms with van der Waals surface area (Å²) in [4.78, 5) is 2.18. The second kappa shape index (κ2) is 8.60. The average Bonchev–Trinajstić information content (AvgIpc) is 2.48. The molecular formula is C18H27F2NO2. The monoisotopic (exact) mass is 327 g/mol. The van der Waals surface area contributed by atoms with E-state index in [-0.39, 0.29) is 23.5 Å². The number of ether oxygens (including phenoxy) is 1. The summed E-state index contributed by atoms with van der Waals surface area (Å²) in [5.41, 5.74) is 0.117. The predicted molar refractivity (Wildman–Crippen MR) is 86.7 cm³/mol. The van der Waals surface area contributed by atoms with Crippen LogP contribution >= 0.6 is 0 Å². The van der Waals surface area contributed by atoms with Crippen molar-refractivity contribution in [2.75, 3.05) is 19.7 Å². The lowest BCUT2D eigenvalue weighted by Gasteiger charge is -2.35. The third kappa shape index (κ3) is 5.15. The molecule has 0 aromatic heterocycles. The van der Waals surface area contributed by atoms with E-state index < -0.39 is 11.6 Å². The summed E-state index contributed by atoms with van der Waals surface area (Å²) in [5, 5.41) is 9.63. The molecule has 0 aliphatic carbocycles. The Morgan fingerprint density at radius 2 is 2.00 bits per heavy atom. The van der Waals surface area contributed by atoms with Gasteiger partial charge in [-0.05, 0) is 32.6 Å². The van der Waals surface area contributed by atoms with Crippen LogP contribution in [0.2, 0.25) is 0 Å². The maximum Gasteiger partial charge on any atom is 0.133 e. The number of piperidine rings is 1. The SMILES string of the molecule is CCCCOc1cc(F)c(CCN2CCC(O)CC2C)c(F)c1. The van der Waals surface area contributed by atoms with E-state index in [1.54, 1.807) is 0 Å². The van der Waals surface area contributed by atoms with Crippen LogP contribution in [0.3, 0.4) is 0 Å². The van der Waals surface area contributed by atoms with Gasteiger partial charge in [-0.3, -0.25) is 0 Å². The first-order valence-corrected chi connectivity index (χ1v) is 8.54. The summed E-state index contributed by atoms with van der Waals surface area (Å²) in [6.45, 7) is 5.91. The van der Waals surface area contributed by atoms with Crippen LogP contribution in [0.25, 0.3) is 0 Å². The van der Waals surface area contributed by atoms with Gasteiger partial charge in [-0.15, -0.1) is 0 Å². The zero-order chi connectivity index (χ0) is 16.8. The molecule has 5 heteroatoms. The summed E-state index contributed by atoms with van der Waals surface area (Å²) in [7, 11) is 0. The molecule has 1 fully saturated rings. The van der Waals surface area contributed by atoms with Crippen LogP contribution in [0.15, 0.2) is 12.1 Å². The number of benzene rings is 1. The largest absolute Gasteiger partial charge is 0.493 e. The van der Waals surface area contributed by atoms with Gasteiger partial charge in [0.05, 0.1) is 12.7 Å². The first-order valence-electron chi connectivity index (χ1n) is 8.54. The Morgan fingerprint density at radius 3 is 2.61 bits per heavy atom. The highest BCUT2D eigenvalue weighted by Gasteiger charge is 2.24. The average molecular weight is 327 g/mol. The van der Waals surface area contributed by atoms with Crippen molar-refractivity contribution in [1.29, 1.82) is 0 Å². The number of rotatable bonds is 7. The molecule has 1 aliphatic rings. The molecule has 130 valence electrons. The van der Waals surface area contributed by atoms with Crippen LogP contribution < -0.4 is 4.74 Å². The Labute approximate surface area is 137 Å². The molecular weight excluding hydrogens is 300 g/mol. The van der Waals surface area contributed by atoms with Gasteiger partial charge in [-0.1, -0.05) is 13.3 Å². The van der Waals surface area contributed by atoms with Crippen molar-refractivity contribution in [3.8, 4) is 5.75 Å². The van der Waals surface area contributed by atoms with Gasteiger partial charge in [0, 0.05) is 36.8 Å². The van der Waals surface area contributed by atoms with Gasteiger partial charge in [0.2, 0.25) is 0 Å². The molecule has 1 aliphatic heterocycles. The molecule has 2 atom stereocenters. The van der Waals surface area contributed by atoms with Gasteiger partial charge >= 0.3 is 0 Å². The molecule has 2 rings (SSSR count). The van der Waals surface area contributed by atoms with Crippen LogP contribution in [-0.2, 0) is 6.42 Å². The molecule has 1 N–H and O–H groups in total. The fraction of sp³-hybridized carbons (Fsp3) is 0.667. The Hall–Kier alpha value is -1.20. The van der Waals surface area contributed by atoms with E-state index in [2.05, 4.69) is 4.90 Å².